The van der Waals surface area contributed by atoms with E-state index < -0.39 is 0 Å². The van der Waals surface area contributed by atoms with Crippen LogP contribution >= 0.6 is 0 Å². The fourth-order valence-corrected chi connectivity index (χ4v) is 9.86. The van der Waals surface area contributed by atoms with Gasteiger partial charge in [0.25, 0.3) is 0 Å². The van der Waals surface area contributed by atoms with Crippen LogP contribution in [0.3, 0.4) is 0 Å². The topological polar surface area (TPSA) is 3.24 Å². The van der Waals surface area contributed by atoms with Crippen LogP contribution in [0.15, 0.2) is 188 Å². The molecule has 1 nitrogen and oxygen atoms in total. The van der Waals surface area contributed by atoms with Crippen LogP contribution in [-0.4, -0.2) is 0 Å². The van der Waals surface area contributed by atoms with Gasteiger partial charge in [-0.15, -0.1) is 0 Å². The molecule has 0 heterocycles. The van der Waals surface area contributed by atoms with Crippen LogP contribution in [0.4, 0.5) is 17.1 Å². The number of anilines is 3. The summed E-state index contributed by atoms with van der Waals surface area (Å²) in [6.07, 6.45) is 0. The second-order valence-electron chi connectivity index (χ2n) is 17.0. The second kappa shape index (κ2) is 12.4. The first-order valence-electron chi connectivity index (χ1n) is 20.2. The number of fused-ring (bicyclic) bond motifs is 8. The van der Waals surface area contributed by atoms with E-state index in [9.17, 15) is 0 Å². The lowest BCUT2D eigenvalue weighted by Crippen LogP contribution is -2.16. The van der Waals surface area contributed by atoms with Gasteiger partial charge in [-0.1, -0.05) is 161 Å². The highest BCUT2D eigenvalue weighted by atomic mass is 15.1. The van der Waals surface area contributed by atoms with Crippen molar-refractivity contribution in [2.75, 3.05) is 4.90 Å². The van der Waals surface area contributed by atoms with Crippen molar-refractivity contribution in [1.82, 2.24) is 0 Å². The fourth-order valence-electron chi connectivity index (χ4n) is 9.86. The van der Waals surface area contributed by atoms with Crippen molar-refractivity contribution < 1.29 is 0 Å². The molecule has 0 saturated carbocycles. The normalized spacial score (nSPS) is 14.2. The minimum absolute atomic E-state index is 0.0340. The zero-order valence-electron chi connectivity index (χ0n) is 32.8. The molecule has 0 fully saturated rings. The maximum absolute atomic E-state index is 2.44. The Labute approximate surface area is 335 Å². The molecule has 0 radical (unpaired) electrons. The van der Waals surface area contributed by atoms with E-state index in [0.717, 1.165) is 17.1 Å². The van der Waals surface area contributed by atoms with Crippen LogP contribution in [0, 0.1) is 0 Å². The number of rotatable bonds is 5. The maximum atomic E-state index is 2.44. The Bertz CT molecular complexity index is 3070. The molecule has 0 bridgehead atoms. The molecule has 0 aliphatic heterocycles. The molecule has 9 aromatic carbocycles. The van der Waals surface area contributed by atoms with Crippen molar-refractivity contribution in [3.63, 3.8) is 0 Å². The van der Waals surface area contributed by atoms with E-state index in [2.05, 4.69) is 221 Å². The molecule has 2 aliphatic carbocycles. The molecule has 0 spiro atoms. The minimum atomic E-state index is -0.173. The zero-order chi connectivity index (χ0) is 38.5. The highest BCUT2D eigenvalue weighted by molar-refractivity contribution is 5.93. The Balaban J connectivity index is 0.988. The second-order valence-corrected chi connectivity index (χ2v) is 17.0. The van der Waals surface area contributed by atoms with Crippen molar-refractivity contribution in [1.29, 1.82) is 0 Å². The Morgan fingerprint density at radius 3 is 1.37 bits per heavy atom. The lowest BCUT2D eigenvalue weighted by molar-refractivity contribution is 0.660. The third-order valence-electron chi connectivity index (χ3n) is 13.0. The first-order chi connectivity index (χ1) is 27.7. The van der Waals surface area contributed by atoms with Crippen LogP contribution in [-0.2, 0) is 10.8 Å². The van der Waals surface area contributed by atoms with E-state index in [0.29, 0.717) is 0 Å². The first-order valence-corrected chi connectivity index (χ1v) is 20.2. The Morgan fingerprint density at radius 2 is 0.684 bits per heavy atom. The Kier molecular flexibility index (Phi) is 7.32. The van der Waals surface area contributed by atoms with Crippen LogP contribution in [0.5, 0.6) is 0 Å². The van der Waals surface area contributed by atoms with Gasteiger partial charge in [0.1, 0.15) is 0 Å². The van der Waals surface area contributed by atoms with Crippen molar-refractivity contribution in [3.05, 3.63) is 210 Å². The monoisotopic (exact) mass is 729 g/mol. The van der Waals surface area contributed by atoms with Gasteiger partial charge in [0.15, 0.2) is 0 Å². The van der Waals surface area contributed by atoms with E-state index >= 15 is 0 Å². The number of hydrogen-bond acceptors (Lipinski definition) is 1. The molecule has 57 heavy (non-hydrogen) atoms. The maximum Gasteiger partial charge on any atom is 0.0468 e. The van der Waals surface area contributed by atoms with E-state index in [1.807, 2.05) is 0 Å². The summed E-state index contributed by atoms with van der Waals surface area (Å²) in [5, 5.41) is 5.01. The Hall–Kier alpha value is -6.70. The minimum Gasteiger partial charge on any atom is -0.310 e. The average molecular weight is 730 g/mol. The van der Waals surface area contributed by atoms with Gasteiger partial charge < -0.3 is 4.90 Å². The lowest BCUT2D eigenvalue weighted by atomic mass is 9.81. The molecular weight excluding hydrogens is 687 g/mol. The highest BCUT2D eigenvalue weighted by Gasteiger charge is 2.37. The van der Waals surface area contributed by atoms with Gasteiger partial charge >= 0.3 is 0 Å². The van der Waals surface area contributed by atoms with Gasteiger partial charge in [-0.25, -0.2) is 0 Å². The molecule has 0 unspecified atom stereocenters. The summed E-state index contributed by atoms with van der Waals surface area (Å²) in [5.41, 5.74) is 19.1. The molecule has 0 atom stereocenters. The van der Waals surface area contributed by atoms with Crippen LogP contribution in [0.25, 0.3) is 66.1 Å². The predicted molar refractivity (Wildman–Crippen MR) is 242 cm³/mol. The van der Waals surface area contributed by atoms with Crippen molar-refractivity contribution in [2.45, 2.75) is 38.5 Å². The van der Waals surface area contributed by atoms with Gasteiger partial charge in [0.05, 0.1) is 0 Å². The molecular formula is C56H43N. The molecule has 9 aromatic rings. The van der Waals surface area contributed by atoms with Crippen LogP contribution < -0.4 is 4.90 Å². The highest BCUT2D eigenvalue weighted by Crippen LogP contribution is 2.53. The summed E-state index contributed by atoms with van der Waals surface area (Å²) >= 11 is 0. The molecule has 11 rings (SSSR count). The number of nitrogens with zero attached hydrogens (tertiary/aromatic N) is 1. The third kappa shape index (κ3) is 5.22. The van der Waals surface area contributed by atoms with Gasteiger partial charge in [0, 0.05) is 27.9 Å². The molecule has 1 heteroatoms. The molecule has 272 valence electrons. The summed E-state index contributed by atoms with van der Waals surface area (Å²) < 4.78 is 0. The third-order valence-corrected chi connectivity index (χ3v) is 13.0. The SMILES string of the molecule is CC1(C)c2ccccc2-c2ccc(-c3ccc(N(c4ccc5c(c4)C(C)(C)c4cc(-c6ccc7ccccc7c6)ccc4-5)c4ccc5ccccc5c4)cc3)cc21. The summed E-state index contributed by atoms with van der Waals surface area (Å²) in [4.78, 5) is 2.43. The van der Waals surface area contributed by atoms with E-state index in [-0.39, 0.29) is 10.8 Å². The van der Waals surface area contributed by atoms with Crippen LogP contribution in [0.1, 0.15) is 49.9 Å². The quantitative estimate of drug-likeness (QED) is 0.170. The molecule has 0 aromatic heterocycles. The largest absolute Gasteiger partial charge is 0.310 e. The molecule has 0 N–H and O–H groups in total. The molecule has 2 aliphatic rings. The van der Waals surface area contributed by atoms with E-state index in [1.165, 1.54) is 88.3 Å². The van der Waals surface area contributed by atoms with Crippen molar-refractivity contribution >= 4 is 38.6 Å². The van der Waals surface area contributed by atoms with E-state index in [4.69, 9.17) is 0 Å². The zero-order valence-corrected chi connectivity index (χ0v) is 32.8. The standard InChI is InChI=1S/C56H43N/c1-55(2)51-16-10-9-15-47(51)48-28-22-42(33-52(48)55)38-19-24-44(25-20-38)57(45-26-21-37-12-6-8-14-40(37)32-45)46-27-30-50-49-29-23-43(34-53(49)56(3,4)54(50)35-46)41-18-17-36-11-5-7-13-39(36)31-41/h5-35H,1-4H3. The summed E-state index contributed by atoms with van der Waals surface area (Å²) in [7, 11) is 0. The van der Waals surface area contributed by atoms with Gasteiger partial charge in [0.2, 0.25) is 0 Å². The van der Waals surface area contributed by atoms with Gasteiger partial charge in [-0.05, 0) is 143 Å². The molecule has 0 saturated heterocycles. The Morgan fingerprint density at radius 1 is 0.281 bits per heavy atom. The summed E-state index contributed by atoms with van der Waals surface area (Å²) in [6.45, 7) is 9.48. The number of benzene rings is 9. The smallest absolute Gasteiger partial charge is 0.0468 e. The van der Waals surface area contributed by atoms with Gasteiger partial charge in [-0.2, -0.15) is 0 Å². The average Bonchev–Trinajstić information content (AvgIpc) is 3.62. The predicted octanol–water partition coefficient (Wildman–Crippen LogP) is 15.4. The number of hydrogen-bond donors (Lipinski definition) is 0. The summed E-state index contributed by atoms with van der Waals surface area (Å²) in [6, 6.07) is 70.1. The van der Waals surface area contributed by atoms with Crippen molar-refractivity contribution in [2.24, 2.45) is 0 Å². The van der Waals surface area contributed by atoms with Crippen LogP contribution in [0.2, 0.25) is 0 Å². The molecule has 0 amide bonds. The fraction of sp³-hybridized carbons (Fsp3) is 0.107. The van der Waals surface area contributed by atoms with Gasteiger partial charge in [-0.3, -0.25) is 0 Å². The first kappa shape index (κ1) is 33.6. The summed E-state index contributed by atoms with van der Waals surface area (Å²) in [5.74, 6) is 0. The van der Waals surface area contributed by atoms with E-state index in [1.54, 1.807) is 0 Å². The lowest BCUT2D eigenvalue weighted by Gasteiger charge is -2.28. The van der Waals surface area contributed by atoms with Crippen molar-refractivity contribution in [3.8, 4) is 44.5 Å².